The minimum Gasteiger partial charge on any atom is -0.338 e. The Morgan fingerprint density at radius 2 is 2.00 bits per heavy atom. The van der Waals surface area contributed by atoms with Gasteiger partial charge in [0.25, 0.3) is 0 Å². The molecule has 0 bridgehead atoms. The summed E-state index contributed by atoms with van der Waals surface area (Å²) in [4.78, 5) is 11.9. The van der Waals surface area contributed by atoms with E-state index in [1.165, 1.54) is 0 Å². The summed E-state index contributed by atoms with van der Waals surface area (Å²) in [7, 11) is -3.35. The Bertz CT molecular complexity index is 671. The summed E-state index contributed by atoms with van der Waals surface area (Å²) < 4.78 is 25.2. The van der Waals surface area contributed by atoms with Gasteiger partial charge in [-0.15, -0.1) is 0 Å². The number of hydrogen-bond donors (Lipinski definition) is 3. The van der Waals surface area contributed by atoms with Crippen LogP contribution in [0, 0.1) is 5.92 Å². The lowest BCUT2D eigenvalue weighted by Gasteiger charge is -2.18. The molecule has 1 atom stereocenters. The second-order valence-electron chi connectivity index (χ2n) is 5.75. The Balaban J connectivity index is 1.83. The van der Waals surface area contributed by atoms with Gasteiger partial charge in [-0.1, -0.05) is 30.4 Å². The molecule has 0 fully saturated rings. The number of nitrogens with one attached hydrogen (secondary N) is 3. The molecule has 0 heterocycles. The fourth-order valence-corrected chi connectivity index (χ4v) is 3.09. The molecule has 3 N–H and O–H groups in total. The fourth-order valence-electron chi connectivity index (χ4n) is 2.49. The molecule has 0 spiro atoms. The molecule has 0 saturated heterocycles. The number of rotatable bonds is 6. The number of carbonyl (C=O) groups excluding carboxylic acids is 1. The molecular formula is C16H23N3O3S. The number of amides is 2. The van der Waals surface area contributed by atoms with Crippen molar-refractivity contribution in [3.8, 4) is 0 Å². The molecule has 7 heteroatoms. The van der Waals surface area contributed by atoms with E-state index in [1.807, 2.05) is 0 Å². The maximum absolute atomic E-state index is 11.9. The summed E-state index contributed by atoms with van der Waals surface area (Å²) in [5, 5.41) is 5.63. The van der Waals surface area contributed by atoms with E-state index < -0.39 is 10.0 Å². The minimum absolute atomic E-state index is 0.242. The van der Waals surface area contributed by atoms with Crippen LogP contribution in [-0.2, 0) is 16.6 Å². The zero-order valence-corrected chi connectivity index (χ0v) is 14.0. The van der Waals surface area contributed by atoms with Crippen molar-refractivity contribution >= 4 is 21.7 Å². The molecule has 126 valence electrons. The summed E-state index contributed by atoms with van der Waals surface area (Å²) in [6, 6.07) is 6.75. The highest BCUT2D eigenvalue weighted by Gasteiger charge is 2.12. The standard InChI is InChI=1S/C16H23N3O3S/c1-23(21,22)19-15-10-6-5-9-14(15)12-18-16(20)17-11-13-7-3-2-4-8-13/h2-3,5-6,9-10,13,19H,4,7-8,11-12H2,1H3,(H2,17,18,20)/t13-/m0/s1. The predicted octanol–water partition coefficient (Wildman–Crippen LogP) is 2.21. The number of benzene rings is 1. The average molecular weight is 337 g/mol. The first-order valence-electron chi connectivity index (χ1n) is 7.66. The van der Waals surface area contributed by atoms with Gasteiger partial charge in [-0.2, -0.15) is 0 Å². The normalized spacial score (nSPS) is 17.5. The van der Waals surface area contributed by atoms with Gasteiger partial charge in [-0.3, -0.25) is 4.72 Å². The molecule has 0 aromatic heterocycles. The quantitative estimate of drug-likeness (QED) is 0.696. The van der Waals surface area contributed by atoms with Crippen LogP contribution in [0.1, 0.15) is 24.8 Å². The van der Waals surface area contributed by atoms with Crippen LogP contribution >= 0.6 is 0 Å². The van der Waals surface area contributed by atoms with Crippen LogP contribution in [0.15, 0.2) is 36.4 Å². The van der Waals surface area contributed by atoms with Crippen molar-refractivity contribution in [1.82, 2.24) is 10.6 Å². The fraction of sp³-hybridized carbons (Fsp3) is 0.438. The number of urea groups is 1. The van der Waals surface area contributed by atoms with E-state index in [9.17, 15) is 13.2 Å². The Labute approximate surface area is 137 Å². The maximum atomic E-state index is 11.9. The zero-order valence-electron chi connectivity index (χ0n) is 13.2. The second kappa shape index (κ2) is 8.01. The van der Waals surface area contributed by atoms with Gasteiger partial charge in [-0.05, 0) is 36.8 Å². The molecule has 0 unspecified atom stereocenters. The van der Waals surface area contributed by atoms with Crippen molar-refractivity contribution in [2.75, 3.05) is 17.5 Å². The first-order chi connectivity index (χ1) is 10.9. The number of anilines is 1. The third-order valence-electron chi connectivity index (χ3n) is 3.68. The van der Waals surface area contributed by atoms with E-state index in [1.54, 1.807) is 24.3 Å². The van der Waals surface area contributed by atoms with Crippen molar-refractivity contribution in [1.29, 1.82) is 0 Å². The SMILES string of the molecule is CS(=O)(=O)Nc1ccccc1CNC(=O)NC[C@H]1CC=CCC1. The smallest absolute Gasteiger partial charge is 0.315 e. The summed E-state index contributed by atoms with van der Waals surface area (Å²) in [6.45, 7) is 0.911. The molecule has 0 aliphatic heterocycles. The highest BCUT2D eigenvalue weighted by atomic mass is 32.2. The highest BCUT2D eigenvalue weighted by Crippen LogP contribution is 2.17. The monoisotopic (exact) mass is 337 g/mol. The Morgan fingerprint density at radius 3 is 2.70 bits per heavy atom. The molecule has 1 aromatic rings. The molecular weight excluding hydrogens is 314 g/mol. The van der Waals surface area contributed by atoms with E-state index in [-0.39, 0.29) is 12.6 Å². The van der Waals surface area contributed by atoms with E-state index >= 15 is 0 Å². The van der Waals surface area contributed by atoms with Crippen molar-refractivity contribution in [3.05, 3.63) is 42.0 Å². The van der Waals surface area contributed by atoms with Crippen molar-refractivity contribution in [3.63, 3.8) is 0 Å². The summed E-state index contributed by atoms with van der Waals surface area (Å²) in [6.07, 6.45) is 8.59. The third-order valence-corrected chi connectivity index (χ3v) is 4.27. The lowest BCUT2D eigenvalue weighted by molar-refractivity contribution is 0.238. The third kappa shape index (κ3) is 6.32. The van der Waals surface area contributed by atoms with Gasteiger partial charge in [0, 0.05) is 13.1 Å². The van der Waals surface area contributed by atoms with Crippen LogP contribution < -0.4 is 15.4 Å². The Hall–Kier alpha value is -2.02. The van der Waals surface area contributed by atoms with Crippen molar-refractivity contribution in [2.45, 2.75) is 25.8 Å². The topological polar surface area (TPSA) is 87.3 Å². The Kier molecular flexibility index (Phi) is 6.04. The maximum Gasteiger partial charge on any atom is 0.315 e. The predicted molar refractivity (Wildman–Crippen MR) is 91.6 cm³/mol. The lowest BCUT2D eigenvalue weighted by Crippen LogP contribution is -2.38. The lowest BCUT2D eigenvalue weighted by atomic mass is 9.94. The zero-order chi connectivity index (χ0) is 16.7. The van der Waals surface area contributed by atoms with Gasteiger partial charge >= 0.3 is 6.03 Å². The first-order valence-corrected chi connectivity index (χ1v) is 9.55. The van der Waals surface area contributed by atoms with Crippen LogP contribution in [-0.4, -0.2) is 27.2 Å². The number of sulfonamides is 1. The molecule has 2 amide bonds. The molecule has 1 aliphatic carbocycles. The molecule has 6 nitrogen and oxygen atoms in total. The molecule has 23 heavy (non-hydrogen) atoms. The molecule has 1 aromatic carbocycles. The van der Waals surface area contributed by atoms with Gasteiger partial charge in [0.2, 0.25) is 10.0 Å². The highest BCUT2D eigenvalue weighted by molar-refractivity contribution is 7.92. The number of hydrogen-bond acceptors (Lipinski definition) is 3. The van der Waals surface area contributed by atoms with Crippen LogP contribution in [0.3, 0.4) is 0 Å². The molecule has 1 aliphatic rings. The molecule has 0 saturated carbocycles. The van der Waals surface area contributed by atoms with Gasteiger partial charge < -0.3 is 10.6 Å². The summed E-state index contributed by atoms with van der Waals surface area (Å²) in [5.41, 5.74) is 1.20. The van der Waals surface area contributed by atoms with Crippen molar-refractivity contribution in [2.24, 2.45) is 5.92 Å². The van der Waals surface area contributed by atoms with Gasteiger partial charge in [0.1, 0.15) is 0 Å². The summed E-state index contributed by atoms with van der Waals surface area (Å²) in [5.74, 6) is 0.491. The number of allylic oxidation sites excluding steroid dienone is 2. The van der Waals surface area contributed by atoms with E-state index in [4.69, 9.17) is 0 Å². The Morgan fingerprint density at radius 1 is 1.22 bits per heavy atom. The second-order valence-corrected chi connectivity index (χ2v) is 7.49. The average Bonchev–Trinajstić information content (AvgIpc) is 2.51. The number of para-hydroxylation sites is 1. The largest absolute Gasteiger partial charge is 0.338 e. The van der Waals surface area contributed by atoms with E-state index in [2.05, 4.69) is 27.5 Å². The first kappa shape index (κ1) is 17.3. The van der Waals surface area contributed by atoms with Crippen molar-refractivity contribution < 1.29 is 13.2 Å². The molecule has 0 radical (unpaired) electrons. The van der Waals surface area contributed by atoms with Gasteiger partial charge in [0.15, 0.2) is 0 Å². The van der Waals surface area contributed by atoms with Crippen LogP contribution in [0.5, 0.6) is 0 Å². The number of carbonyl (C=O) groups is 1. The summed E-state index contributed by atoms with van der Waals surface area (Å²) >= 11 is 0. The van der Waals surface area contributed by atoms with Crippen LogP contribution in [0.25, 0.3) is 0 Å². The van der Waals surface area contributed by atoms with E-state index in [0.29, 0.717) is 23.7 Å². The van der Waals surface area contributed by atoms with Gasteiger partial charge in [0.05, 0.1) is 11.9 Å². The van der Waals surface area contributed by atoms with Crippen LogP contribution in [0.4, 0.5) is 10.5 Å². The minimum atomic E-state index is -3.35. The van der Waals surface area contributed by atoms with E-state index in [0.717, 1.165) is 25.5 Å². The molecule has 2 rings (SSSR count). The van der Waals surface area contributed by atoms with Gasteiger partial charge in [-0.25, -0.2) is 13.2 Å². The van der Waals surface area contributed by atoms with Crippen LogP contribution in [0.2, 0.25) is 0 Å².